The van der Waals surface area contributed by atoms with Crippen molar-refractivity contribution in [1.29, 1.82) is 0 Å². The maximum Gasteiger partial charge on any atom is 0.251 e. The fraction of sp³-hybridized carbons (Fsp3) is 0.450. The number of piperidine rings is 1. The van der Waals surface area contributed by atoms with E-state index in [0.717, 1.165) is 49.5 Å². The number of aromatic nitrogens is 2. The number of ether oxygens (including phenoxy) is 1. The Morgan fingerprint density at radius 3 is 3.07 bits per heavy atom. The molecule has 3 N–H and O–H groups in total. The third kappa shape index (κ3) is 5.17. The third-order valence-corrected chi connectivity index (χ3v) is 4.69. The summed E-state index contributed by atoms with van der Waals surface area (Å²) in [6, 6.07) is 5.64. The molecule has 0 bridgehead atoms. The highest BCUT2D eigenvalue weighted by Gasteiger charge is 2.23. The number of nitrogens with one attached hydrogen (secondary N) is 1. The minimum atomic E-state index is -0.0790. The van der Waals surface area contributed by atoms with Gasteiger partial charge in [-0.05, 0) is 50.4 Å². The van der Waals surface area contributed by atoms with E-state index in [1.807, 2.05) is 25.1 Å². The van der Waals surface area contributed by atoms with Crippen LogP contribution in [-0.2, 0) is 0 Å². The molecular formula is C20H27N5O2. The van der Waals surface area contributed by atoms with Crippen LogP contribution in [0.5, 0.6) is 5.75 Å². The van der Waals surface area contributed by atoms with E-state index < -0.39 is 0 Å². The van der Waals surface area contributed by atoms with Gasteiger partial charge in [0.15, 0.2) is 0 Å². The lowest BCUT2D eigenvalue weighted by atomic mass is 10.0. The number of amides is 1. The molecule has 27 heavy (non-hydrogen) atoms. The molecule has 2 heterocycles. The van der Waals surface area contributed by atoms with Gasteiger partial charge in [0.25, 0.3) is 5.91 Å². The Bertz CT molecular complexity index is 753. The van der Waals surface area contributed by atoms with E-state index in [4.69, 9.17) is 10.5 Å². The van der Waals surface area contributed by atoms with Crippen molar-refractivity contribution in [3.05, 3.63) is 47.9 Å². The summed E-state index contributed by atoms with van der Waals surface area (Å²) in [5, 5.41) is 3.14. The van der Waals surface area contributed by atoms with Crippen LogP contribution in [0.1, 0.15) is 35.2 Å². The molecule has 1 aromatic heterocycles. The molecule has 1 aliphatic rings. The zero-order chi connectivity index (χ0) is 19.1. The molecule has 0 spiro atoms. The van der Waals surface area contributed by atoms with E-state index in [1.54, 1.807) is 18.6 Å². The summed E-state index contributed by atoms with van der Waals surface area (Å²) in [6.07, 6.45) is 7.86. The first-order chi connectivity index (χ1) is 13.2. The van der Waals surface area contributed by atoms with Gasteiger partial charge in [-0.25, -0.2) is 4.98 Å². The molecule has 0 saturated carbocycles. The smallest absolute Gasteiger partial charge is 0.251 e. The van der Waals surface area contributed by atoms with E-state index in [-0.39, 0.29) is 11.9 Å². The van der Waals surface area contributed by atoms with Crippen LogP contribution in [0.3, 0.4) is 0 Å². The van der Waals surface area contributed by atoms with E-state index in [1.165, 1.54) is 0 Å². The standard InChI is InChI=1S/C20H27N5O2/c1-15-5-6-16(12-18(15)27-11-3-7-21)20(26)24-17-4-2-10-25(14-17)19-13-22-8-9-23-19/h5-6,8-9,12-13,17H,2-4,7,10-11,14,21H2,1H3,(H,24,26)/t17-/m1/s1. The highest BCUT2D eigenvalue weighted by Crippen LogP contribution is 2.21. The van der Waals surface area contributed by atoms with Crippen molar-refractivity contribution < 1.29 is 9.53 Å². The fourth-order valence-electron chi connectivity index (χ4n) is 3.19. The second-order valence-electron chi connectivity index (χ2n) is 6.79. The Labute approximate surface area is 159 Å². The van der Waals surface area contributed by atoms with Gasteiger partial charge in [0.2, 0.25) is 0 Å². The number of nitrogens with two attached hydrogens (primary N) is 1. The number of benzene rings is 1. The first-order valence-corrected chi connectivity index (χ1v) is 9.42. The summed E-state index contributed by atoms with van der Waals surface area (Å²) in [5.41, 5.74) is 7.13. The molecule has 1 atom stereocenters. The first kappa shape index (κ1) is 19.1. The summed E-state index contributed by atoms with van der Waals surface area (Å²) in [4.78, 5) is 23.4. The van der Waals surface area contributed by atoms with Crippen molar-refractivity contribution in [3.8, 4) is 5.75 Å². The van der Waals surface area contributed by atoms with Crippen LogP contribution < -0.4 is 20.7 Å². The maximum atomic E-state index is 12.7. The number of rotatable bonds is 7. The normalized spacial score (nSPS) is 16.8. The van der Waals surface area contributed by atoms with Crippen LogP contribution in [0, 0.1) is 6.92 Å². The van der Waals surface area contributed by atoms with Gasteiger partial charge in [-0.1, -0.05) is 6.07 Å². The second-order valence-corrected chi connectivity index (χ2v) is 6.79. The number of carbonyl (C=O) groups is 1. The van der Waals surface area contributed by atoms with Crippen LogP contribution >= 0.6 is 0 Å². The Morgan fingerprint density at radius 1 is 1.41 bits per heavy atom. The molecule has 0 aliphatic carbocycles. The second kappa shape index (κ2) is 9.32. The number of aryl methyl sites for hydroxylation is 1. The van der Waals surface area contributed by atoms with Crippen LogP contribution in [-0.4, -0.2) is 48.2 Å². The lowest BCUT2D eigenvalue weighted by molar-refractivity contribution is 0.0932. The average molecular weight is 369 g/mol. The fourth-order valence-corrected chi connectivity index (χ4v) is 3.19. The van der Waals surface area contributed by atoms with Gasteiger partial charge in [0.05, 0.1) is 12.8 Å². The molecule has 1 amide bonds. The first-order valence-electron chi connectivity index (χ1n) is 9.42. The monoisotopic (exact) mass is 369 g/mol. The van der Waals surface area contributed by atoms with Gasteiger partial charge in [0, 0.05) is 37.1 Å². The molecule has 0 radical (unpaired) electrons. The van der Waals surface area contributed by atoms with Crippen molar-refractivity contribution >= 4 is 11.7 Å². The predicted molar refractivity (Wildman–Crippen MR) is 105 cm³/mol. The van der Waals surface area contributed by atoms with Gasteiger partial charge in [-0.2, -0.15) is 0 Å². The molecule has 1 aliphatic heterocycles. The lowest BCUT2D eigenvalue weighted by Crippen LogP contribution is -2.48. The van der Waals surface area contributed by atoms with E-state index in [9.17, 15) is 4.79 Å². The number of carbonyl (C=O) groups excluding carboxylic acids is 1. The van der Waals surface area contributed by atoms with Crippen molar-refractivity contribution in [2.24, 2.45) is 5.73 Å². The van der Waals surface area contributed by atoms with Crippen LogP contribution in [0.4, 0.5) is 5.82 Å². The molecule has 0 unspecified atom stereocenters. The Kier molecular flexibility index (Phi) is 6.59. The molecule has 7 nitrogen and oxygen atoms in total. The topological polar surface area (TPSA) is 93.4 Å². The molecule has 7 heteroatoms. The van der Waals surface area contributed by atoms with E-state index in [0.29, 0.717) is 18.7 Å². The summed E-state index contributed by atoms with van der Waals surface area (Å²) in [6.45, 7) is 4.77. The summed E-state index contributed by atoms with van der Waals surface area (Å²) in [5.74, 6) is 1.51. The minimum Gasteiger partial charge on any atom is -0.493 e. The molecule has 144 valence electrons. The van der Waals surface area contributed by atoms with Crippen molar-refractivity contribution in [1.82, 2.24) is 15.3 Å². The Hall–Kier alpha value is -2.67. The number of hydrogen-bond donors (Lipinski definition) is 2. The van der Waals surface area contributed by atoms with Gasteiger partial charge in [0.1, 0.15) is 11.6 Å². The van der Waals surface area contributed by atoms with E-state index >= 15 is 0 Å². The lowest BCUT2D eigenvalue weighted by Gasteiger charge is -2.33. The SMILES string of the molecule is Cc1ccc(C(=O)N[C@@H]2CCCN(c3cnccn3)C2)cc1OCCCN. The Morgan fingerprint density at radius 2 is 2.30 bits per heavy atom. The van der Waals surface area contributed by atoms with Gasteiger partial charge in [-0.3, -0.25) is 9.78 Å². The largest absolute Gasteiger partial charge is 0.493 e. The zero-order valence-corrected chi connectivity index (χ0v) is 15.7. The zero-order valence-electron chi connectivity index (χ0n) is 15.7. The summed E-state index contributed by atoms with van der Waals surface area (Å²) in [7, 11) is 0. The third-order valence-electron chi connectivity index (χ3n) is 4.69. The molecule has 2 aromatic rings. The van der Waals surface area contributed by atoms with Crippen molar-refractivity contribution in [2.45, 2.75) is 32.2 Å². The molecular weight excluding hydrogens is 342 g/mol. The van der Waals surface area contributed by atoms with Crippen molar-refractivity contribution in [3.63, 3.8) is 0 Å². The number of anilines is 1. The Balaban J connectivity index is 1.62. The molecule has 1 saturated heterocycles. The number of hydrogen-bond acceptors (Lipinski definition) is 6. The quantitative estimate of drug-likeness (QED) is 0.724. The summed E-state index contributed by atoms with van der Waals surface area (Å²) < 4.78 is 5.75. The molecule has 1 aromatic carbocycles. The molecule has 3 rings (SSSR count). The predicted octanol–water partition coefficient (Wildman–Crippen LogP) is 1.91. The van der Waals surface area contributed by atoms with Crippen LogP contribution in [0.2, 0.25) is 0 Å². The highest BCUT2D eigenvalue weighted by atomic mass is 16.5. The van der Waals surface area contributed by atoms with Crippen molar-refractivity contribution in [2.75, 3.05) is 31.1 Å². The average Bonchev–Trinajstić information content (AvgIpc) is 2.70. The number of nitrogens with zero attached hydrogens (tertiary/aromatic N) is 3. The van der Waals surface area contributed by atoms with Crippen LogP contribution in [0.15, 0.2) is 36.8 Å². The maximum absolute atomic E-state index is 12.7. The van der Waals surface area contributed by atoms with E-state index in [2.05, 4.69) is 20.2 Å². The molecule has 1 fully saturated rings. The van der Waals surface area contributed by atoms with Gasteiger partial charge >= 0.3 is 0 Å². The van der Waals surface area contributed by atoms with Crippen LogP contribution in [0.25, 0.3) is 0 Å². The minimum absolute atomic E-state index is 0.0790. The van der Waals surface area contributed by atoms with Gasteiger partial charge < -0.3 is 20.7 Å². The van der Waals surface area contributed by atoms with Gasteiger partial charge in [-0.15, -0.1) is 0 Å². The highest BCUT2D eigenvalue weighted by molar-refractivity contribution is 5.95. The summed E-state index contributed by atoms with van der Waals surface area (Å²) >= 11 is 0.